The van der Waals surface area contributed by atoms with Crippen molar-refractivity contribution < 1.29 is 4.39 Å². The summed E-state index contributed by atoms with van der Waals surface area (Å²) >= 11 is 1.79. The Morgan fingerprint density at radius 2 is 1.45 bits per heavy atom. The Morgan fingerprint density at radius 3 is 2.14 bits per heavy atom. The maximum atomic E-state index is 13.4. The number of fused-ring (bicyclic) bond motifs is 3. The van der Waals surface area contributed by atoms with Crippen LogP contribution in [0.2, 0.25) is 0 Å². The number of pyridine rings is 1. The van der Waals surface area contributed by atoms with Crippen LogP contribution in [0.5, 0.6) is 0 Å². The van der Waals surface area contributed by atoms with Crippen molar-refractivity contribution in [2.75, 3.05) is 0 Å². The molecule has 0 atom stereocenters. The number of halogens is 1. The summed E-state index contributed by atoms with van der Waals surface area (Å²) < 4.78 is 15.9. The minimum absolute atomic E-state index is 0.212. The summed E-state index contributed by atoms with van der Waals surface area (Å²) in [5.41, 5.74) is 5.64. The quantitative estimate of drug-likeness (QED) is 0.300. The van der Waals surface area contributed by atoms with Crippen LogP contribution in [0, 0.1) is 5.82 Å². The zero-order chi connectivity index (χ0) is 20.0. The van der Waals surface area contributed by atoms with Crippen molar-refractivity contribution in [3.63, 3.8) is 0 Å². The summed E-state index contributed by atoms with van der Waals surface area (Å²) in [5.74, 6) is 0.249. The van der Waals surface area contributed by atoms with Crippen molar-refractivity contribution in [3.8, 4) is 22.4 Å². The lowest BCUT2D eigenvalue weighted by Crippen LogP contribution is -1.90. The molecule has 0 aliphatic heterocycles. The van der Waals surface area contributed by atoms with E-state index in [-0.39, 0.29) is 5.82 Å². The second kappa shape index (κ2) is 7.09. The van der Waals surface area contributed by atoms with E-state index < -0.39 is 0 Å². The van der Waals surface area contributed by atoms with E-state index in [1.165, 1.54) is 37.9 Å². The predicted molar refractivity (Wildman–Crippen MR) is 122 cm³/mol. The van der Waals surface area contributed by atoms with Crippen molar-refractivity contribution >= 4 is 31.5 Å². The van der Waals surface area contributed by atoms with Crippen molar-refractivity contribution in [2.45, 2.75) is 19.8 Å². The molecule has 0 radical (unpaired) electrons. The Morgan fingerprint density at radius 1 is 0.793 bits per heavy atom. The van der Waals surface area contributed by atoms with E-state index in [1.807, 2.05) is 18.3 Å². The molecule has 0 fully saturated rings. The first-order chi connectivity index (χ1) is 14.1. The molecule has 0 aliphatic carbocycles. The van der Waals surface area contributed by atoms with E-state index in [2.05, 4.69) is 67.4 Å². The predicted octanol–water partition coefficient (Wildman–Crippen LogP) is 8.05. The molecule has 0 spiro atoms. The van der Waals surface area contributed by atoms with E-state index in [9.17, 15) is 4.39 Å². The maximum absolute atomic E-state index is 13.4. The summed E-state index contributed by atoms with van der Waals surface area (Å²) in [6.07, 6.45) is 1.90. The first-order valence-electron chi connectivity index (χ1n) is 9.78. The molecule has 0 aliphatic rings. The molecule has 5 aromatic rings. The van der Waals surface area contributed by atoms with Gasteiger partial charge in [0.1, 0.15) is 5.82 Å². The van der Waals surface area contributed by atoms with E-state index in [1.54, 1.807) is 11.3 Å². The fraction of sp³-hybridized carbons (Fsp3) is 0.115. The average molecular weight is 398 g/mol. The lowest BCUT2D eigenvalue weighted by Gasteiger charge is -2.08. The summed E-state index contributed by atoms with van der Waals surface area (Å²) in [6, 6.07) is 23.8. The van der Waals surface area contributed by atoms with Gasteiger partial charge in [0.2, 0.25) is 0 Å². The first kappa shape index (κ1) is 18.0. The number of thiophene rings is 1. The third kappa shape index (κ3) is 3.12. The second-order valence-electron chi connectivity index (χ2n) is 7.60. The van der Waals surface area contributed by atoms with Crippen LogP contribution in [0.25, 0.3) is 42.6 Å². The summed E-state index contributed by atoms with van der Waals surface area (Å²) in [4.78, 5) is 4.67. The van der Waals surface area contributed by atoms with Crippen molar-refractivity contribution in [3.05, 3.63) is 90.4 Å². The van der Waals surface area contributed by atoms with Crippen LogP contribution in [0.3, 0.4) is 0 Å². The third-order valence-corrected chi connectivity index (χ3v) is 6.69. The molecule has 0 saturated heterocycles. The Bertz CT molecular complexity index is 1330. The standard InChI is InChI=1S/C26H20FNS/c1-16(2)18-13-14-28-24(15-18)23-8-4-7-22-21-6-3-5-20(25(21)29-26(22)23)17-9-11-19(27)12-10-17/h3-16H,1-2H3. The molecule has 1 nitrogen and oxygen atoms in total. The molecule has 5 rings (SSSR count). The number of benzene rings is 3. The topological polar surface area (TPSA) is 12.9 Å². The molecular weight excluding hydrogens is 377 g/mol. The minimum Gasteiger partial charge on any atom is -0.256 e. The van der Waals surface area contributed by atoms with Crippen molar-refractivity contribution in [1.29, 1.82) is 0 Å². The molecule has 0 saturated carbocycles. The van der Waals surface area contributed by atoms with Crippen LogP contribution in [0.15, 0.2) is 79.0 Å². The van der Waals surface area contributed by atoms with Crippen molar-refractivity contribution in [1.82, 2.24) is 4.98 Å². The molecular formula is C26H20FNS. The molecule has 142 valence electrons. The molecule has 3 aromatic carbocycles. The molecule has 2 aromatic heterocycles. The minimum atomic E-state index is -0.212. The molecule has 0 N–H and O–H groups in total. The lowest BCUT2D eigenvalue weighted by molar-refractivity contribution is 0.628. The zero-order valence-corrected chi connectivity index (χ0v) is 17.1. The van der Waals surface area contributed by atoms with Gasteiger partial charge in [-0.2, -0.15) is 0 Å². The number of nitrogens with zero attached hydrogens (tertiary/aromatic N) is 1. The Labute approximate surface area is 173 Å². The van der Waals surface area contributed by atoms with Gasteiger partial charge in [-0.3, -0.25) is 4.98 Å². The smallest absolute Gasteiger partial charge is 0.123 e. The van der Waals surface area contributed by atoms with Gasteiger partial charge in [-0.1, -0.05) is 62.4 Å². The zero-order valence-electron chi connectivity index (χ0n) is 16.3. The van der Waals surface area contributed by atoms with E-state index in [0.29, 0.717) is 5.92 Å². The van der Waals surface area contributed by atoms with E-state index in [4.69, 9.17) is 0 Å². The molecule has 2 heterocycles. The lowest BCUT2D eigenvalue weighted by atomic mass is 9.99. The monoisotopic (exact) mass is 397 g/mol. The summed E-state index contributed by atoms with van der Waals surface area (Å²) in [6.45, 7) is 4.40. The van der Waals surface area contributed by atoms with Gasteiger partial charge in [-0.15, -0.1) is 11.3 Å². The van der Waals surface area contributed by atoms with Crippen LogP contribution >= 0.6 is 11.3 Å². The fourth-order valence-corrected chi connectivity index (χ4v) is 5.19. The Kier molecular flexibility index (Phi) is 4.40. The normalized spacial score (nSPS) is 11.6. The highest BCUT2D eigenvalue weighted by molar-refractivity contribution is 7.26. The third-order valence-electron chi connectivity index (χ3n) is 5.41. The second-order valence-corrected chi connectivity index (χ2v) is 8.62. The fourth-order valence-electron chi connectivity index (χ4n) is 3.83. The van der Waals surface area contributed by atoms with Gasteiger partial charge in [0.05, 0.1) is 5.69 Å². The van der Waals surface area contributed by atoms with Gasteiger partial charge >= 0.3 is 0 Å². The SMILES string of the molecule is CC(C)c1ccnc(-c2cccc3c2sc2c(-c4ccc(F)cc4)cccc23)c1. The van der Waals surface area contributed by atoms with E-state index in [0.717, 1.165) is 22.4 Å². The first-order valence-corrected chi connectivity index (χ1v) is 10.6. The van der Waals surface area contributed by atoms with Gasteiger partial charge in [0.25, 0.3) is 0 Å². The molecule has 0 unspecified atom stereocenters. The number of hydrogen-bond acceptors (Lipinski definition) is 2. The number of hydrogen-bond donors (Lipinski definition) is 0. The maximum Gasteiger partial charge on any atom is 0.123 e. The van der Waals surface area contributed by atoms with Gasteiger partial charge in [-0.25, -0.2) is 4.39 Å². The summed E-state index contributed by atoms with van der Waals surface area (Å²) in [5, 5.41) is 2.47. The highest BCUT2D eigenvalue weighted by Gasteiger charge is 2.14. The van der Waals surface area contributed by atoms with Crippen LogP contribution in [0.4, 0.5) is 4.39 Å². The average Bonchev–Trinajstić information content (AvgIpc) is 3.13. The highest BCUT2D eigenvalue weighted by atomic mass is 32.1. The molecule has 0 amide bonds. The highest BCUT2D eigenvalue weighted by Crippen LogP contribution is 2.43. The van der Waals surface area contributed by atoms with Gasteiger partial charge in [0.15, 0.2) is 0 Å². The van der Waals surface area contributed by atoms with Crippen LogP contribution in [-0.4, -0.2) is 4.98 Å². The van der Waals surface area contributed by atoms with Crippen LogP contribution in [0.1, 0.15) is 25.3 Å². The van der Waals surface area contributed by atoms with Crippen molar-refractivity contribution in [2.24, 2.45) is 0 Å². The molecule has 3 heteroatoms. The van der Waals surface area contributed by atoms with Gasteiger partial charge in [-0.05, 0) is 46.9 Å². The number of aromatic nitrogens is 1. The van der Waals surface area contributed by atoms with Gasteiger partial charge in [0, 0.05) is 31.9 Å². The number of rotatable bonds is 3. The summed E-state index contributed by atoms with van der Waals surface area (Å²) in [7, 11) is 0. The molecule has 0 bridgehead atoms. The Balaban J connectivity index is 1.77. The largest absolute Gasteiger partial charge is 0.256 e. The van der Waals surface area contributed by atoms with E-state index >= 15 is 0 Å². The Hall–Kier alpha value is -3.04. The van der Waals surface area contributed by atoms with Crippen LogP contribution < -0.4 is 0 Å². The van der Waals surface area contributed by atoms with Crippen LogP contribution in [-0.2, 0) is 0 Å². The molecule has 29 heavy (non-hydrogen) atoms. The van der Waals surface area contributed by atoms with Gasteiger partial charge < -0.3 is 0 Å².